The highest BCUT2D eigenvalue weighted by Crippen LogP contribution is 2.30. The Bertz CT molecular complexity index is 314. The van der Waals surface area contributed by atoms with Crippen LogP contribution in [0.3, 0.4) is 0 Å². The molecule has 2 rings (SSSR count). The summed E-state index contributed by atoms with van der Waals surface area (Å²) in [7, 11) is 0. The zero-order chi connectivity index (χ0) is 9.26. The zero-order valence-corrected chi connectivity index (χ0v) is 7.79. The van der Waals surface area contributed by atoms with Crippen molar-refractivity contribution in [1.29, 1.82) is 0 Å². The second-order valence-corrected chi connectivity index (χ2v) is 3.54. The van der Waals surface area contributed by atoms with E-state index in [0.717, 1.165) is 0 Å². The standard InChI is InChI=1S/C8H10ClN3O/c9-6-3-11-8(10)12-7(6)13-4-5-1-2-5/h3,5H,1-2,4H2,(H2,10,11,12). The van der Waals surface area contributed by atoms with E-state index in [9.17, 15) is 0 Å². The maximum Gasteiger partial charge on any atom is 0.237 e. The maximum absolute atomic E-state index is 5.79. The number of nitrogens with two attached hydrogens (primary N) is 1. The fourth-order valence-corrected chi connectivity index (χ4v) is 1.09. The number of ether oxygens (including phenoxy) is 1. The molecule has 70 valence electrons. The highest BCUT2D eigenvalue weighted by atomic mass is 35.5. The van der Waals surface area contributed by atoms with Gasteiger partial charge in [0.15, 0.2) is 0 Å². The number of hydrogen-bond acceptors (Lipinski definition) is 4. The van der Waals surface area contributed by atoms with Gasteiger partial charge in [-0.2, -0.15) is 4.98 Å². The lowest BCUT2D eigenvalue weighted by atomic mass is 10.5. The van der Waals surface area contributed by atoms with Gasteiger partial charge in [0.1, 0.15) is 5.02 Å². The average Bonchev–Trinajstić information content (AvgIpc) is 2.90. The van der Waals surface area contributed by atoms with Crippen LogP contribution in [0, 0.1) is 5.92 Å². The number of aromatic nitrogens is 2. The van der Waals surface area contributed by atoms with E-state index in [4.69, 9.17) is 22.1 Å². The van der Waals surface area contributed by atoms with Crippen molar-refractivity contribution in [2.45, 2.75) is 12.8 Å². The molecule has 1 aromatic rings. The normalized spacial score (nSPS) is 15.8. The fourth-order valence-electron chi connectivity index (χ4n) is 0.947. The van der Waals surface area contributed by atoms with Gasteiger partial charge in [0.2, 0.25) is 11.8 Å². The Labute approximate surface area is 81.1 Å². The molecule has 13 heavy (non-hydrogen) atoms. The first-order valence-electron chi connectivity index (χ1n) is 4.16. The molecule has 0 spiro atoms. The van der Waals surface area contributed by atoms with Gasteiger partial charge in [0.05, 0.1) is 12.8 Å². The van der Waals surface area contributed by atoms with Crippen molar-refractivity contribution in [2.75, 3.05) is 12.3 Å². The van der Waals surface area contributed by atoms with Crippen molar-refractivity contribution in [3.05, 3.63) is 11.2 Å². The Hall–Kier alpha value is -1.03. The molecule has 0 radical (unpaired) electrons. The van der Waals surface area contributed by atoms with Crippen molar-refractivity contribution in [3.63, 3.8) is 0 Å². The monoisotopic (exact) mass is 199 g/mol. The van der Waals surface area contributed by atoms with E-state index in [1.54, 1.807) is 0 Å². The molecular weight excluding hydrogens is 190 g/mol. The van der Waals surface area contributed by atoms with E-state index in [-0.39, 0.29) is 5.95 Å². The Morgan fingerprint density at radius 3 is 3.08 bits per heavy atom. The Balaban J connectivity index is 2.03. The summed E-state index contributed by atoms with van der Waals surface area (Å²) in [4.78, 5) is 7.62. The SMILES string of the molecule is Nc1ncc(Cl)c(OCC2CC2)n1. The van der Waals surface area contributed by atoms with Crippen molar-refractivity contribution in [1.82, 2.24) is 9.97 Å². The third-order valence-electron chi connectivity index (χ3n) is 1.88. The lowest BCUT2D eigenvalue weighted by Crippen LogP contribution is -2.03. The molecule has 1 aliphatic rings. The van der Waals surface area contributed by atoms with Crippen LogP contribution in [0.5, 0.6) is 5.88 Å². The van der Waals surface area contributed by atoms with Crippen LogP contribution in [0.2, 0.25) is 5.02 Å². The van der Waals surface area contributed by atoms with Crippen LogP contribution in [-0.4, -0.2) is 16.6 Å². The number of nitrogen functional groups attached to an aromatic ring is 1. The van der Waals surface area contributed by atoms with Crippen LogP contribution in [0.15, 0.2) is 6.20 Å². The minimum absolute atomic E-state index is 0.190. The maximum atomic E-state index is 5.79. The van der Waals surface area contributed by atoms with Gasteiger partial charge >= 0.3 is 0 Å². The molecule has 2 N–H and O–H groups in total. The Kier molecular flexibility index (Phi) is 2.22. The lowest BCUT2D eigenvalue weighted by Gasteiger charge is -2.05. The van der Waals surface area contributed by atoms with Crippen LogP contribution < -0.4 is 10.5 Å². The number of rotatable bonds is 3. The van der Waals surface area contributed by atoms with E-state index in [1.807, 2.05) is 0 Å². The van der Waals surface area contributed by atoms with E-state index in [1.165, 1.54) is 19.0 Å². The molecule has 0 amide bonds. The predicted octanol–water partition coefficient (Wildman–Crippen LogP) is 1.50. The summed E-state index contributed by atoms with van der Waals surface area (Å²) in [5.74, 6) is 1.25. The highest BCUT2D eigenvalue weighted by molar-refractivity contribution is 6.31. The Morgan fingerprint density at radius 1 is 1.62 bits per heavy atom. The van der Waals surface area contributed by atoms with Gasteiger partial charge < -0.3 is 10.5 Å². The van der Waals surface area contributed by atoms with Crippen molar-refractivity contribution >= 4 is 17.5 Å². The molecule has 5 heteroatoms. The number of nitrogens with zero attached hydrogens (tertiary/aromatic N) is 2. The first-order valence-corrected chi connectivity index (χ1v) is 4.54. The summed E-state index contributed by atoms with van der Waals surface area (Å²) < 4.78 is 5.38. The minimum atomic E-state index is 0.190. The van der Waals surface area contributed by atoms with Gasteiger partial charge in [-0.15, -0.1) is 0 Å². The van der Waals surface area contributed by atoms with Gasteiger partial charge in [-0.1, -0.05) is 11.6 Å². The summed E-state index contributed by atoms with van der Waals surface area (Å²) in [6.07, 6.45) is 3.92. The number of halogens is 1. The Morgan fingerprint density at radius 2 is 2.38 bits per heavy atom. The first kappa shape index (κ1) is 8.56. The van der Waals surface area contributed by atoms with Crippen LogP contribution in [0.4, 0.5) is 5.95 Å². The second-order valence-electron chi connectivity index (χ2n) is 3.14. The van der Waals surface area contributed by atoms with Crippen LogP contribution in [0.25, 0.3) is 0 Å². The van der Waals surface area contributed by atoms with Crippen LogP contribution >= 0.6 is 11.6 Å². The smallest absolute Gasteiger partial charge is 0.237 e. The molecule has 4 nitrogen and oxygen atoms in total. The predicted molar refractivity (Wildman–Crippen MR) is 49.7 cm³/mol. The molecule has 1 saturated carbocycles. The van der Waals surface area contributed by atoms with Gasteiger partial charge in [0.25, 0.3) is 0 Å². The van der Waals surface area contributed by atoms with Gasteiger partial charge in [-0.25, -0.2) is 4.98 Å². The van der Waals surface area contributed by atoms with E-state index in [0.29, 0.717) is 23.4 Å². The summed E-state index contributed by atoms with van der Waals surface area (Å²) in [5.41, 5.74) is 5.39. The molecule has 1 fully saturated rings. The van der Waals surface area contributed by atoms with E-state index in [2.05, 4.69) is 9.97 Å². The molecule has 1 aliphatic carbocycles. The van der Waals surface area contributed by atoms with E-state index >= 15 is 0 Å². The van der Waals surface area contributed by atoms with Crippen molar-refractivity contribution in [3.8, 4) is 5.88 Å². The molecule has 1 aromatic heterocycles. The molecule has 0 aromatic carbocycles. The topological polar surface area (TPSA) is 61.0 Å². The van der Waals surface area contributed by atoms with E-state index < -0.39 is 0 Å². The molecule has 0 saturated heterocycles. The van der Waals surface area contributed by atoms with Crippen molar-refractivity contribution in [2.24, 2.45) is 5.92 Å². The zero-order valence-electron chi connectivity index (χ0n) is 7.03. The summed E-state index contributed by atoms with van der Waals surface area (Å²) in [5, 5.41) is 0.412. The van der Waals surface area contributed by atoms with Crippen LogP contribution in [0.1, 0.15) is 12.8 Å². The summed E-state index contributed by atoms with van der Waals surface area (Å²) >= 11 is 5.79. The first-order chi connectivity index (χ1) is 6.25. The van der Waals surface area contributed by atoms with Crippen LogP contribution in [-0.2, 0) is 0 Å². The molecule has 0 bridgehead atoms. The third-order valence-corrected chi connectivity index (χ3v) is 2.14. The van der Waals surface area contributed by atoms with Gasteiger partial charge in [-0.3, -0.25) is 0 Å². The molecule has 1 heterocycles. The third kappa shape index (κ3) is 2.21. The van der Waals surface area contributed by atoms with Crippen molar-refractivity contribution < 1.29 is 4.74 Å². The van der Waals surface area contributed by atoms with Gasteiger partial charge in [0, 0.05) is 0 Å². The highest BCUT2D eigenvalue weighted by Gasteiger charge is 2.22. The van der Waals surface area contributed by atoms with Gasteiger partial charge in [-0.05, 0) is 18.8 Å². The largest absolute Gasteiger partial charge is 0.476 e. The quantitative estimate of drug-likeness (QED) is 0.802. The average molecular weight is 200 g/mol. The fraction of sp³-hybridized carbons (Fsp3) is 0.500. The molecule has 0 unspecified atom stereocenters. The number of hydrogen-bond donors (Lipinski definition) is 1. The summed E-state index contributed by atoms with van der Waals surface area (Å²) in [6.45, 7) is 0.677. The second kappa shape index (κ2) is 3.38. The molecule has 0 atom stereocenters. The number of anilines is 1. The molecular formula is C8H10ClN3O. The lowest BCUT2D eigenvalue weighted by molar-refractivity contribution is 0.288. The summed E-state index contributed by atoms with van der Waals surface area (Å²) in [6, 6.07) is 0. The minimum Gasteiger partial charge on any atom is -0.476 e. The molecule has 0 aliphatic heterocycles.